The third kappa shape index (κ3) is 21.4. The Morgan fingerprint density at radius 1 is 0.179 bits per heavy atom. The lowest BCUT2D eigenvalue weighted by atomic mass is 9.88. The van der Waals surface area contributed by atoms with Crippen LogP contribution in [-0.4, -0.2) is 159 Å². The van der Waals surface area contributed by atoms with Crippen LogP contribution in [0.4, 0.5) is 0 Å². The van der Waals surface area contributed by atoms with E-state index >= 15 is 0 Å². The average Bonchev–Trinajstić information content (AvgIpc) is 1.07. The smallest absolute Gasteiger partial charge is 0.126 e. The molecule has 6 heterocycles. The molecule has 0 unspecified atom stereocenters. The zero-order valence-corrected chi connectivity index (χ0v) is 69.5. The molecule has 8 aliphatic rings. The summed E-state index contributed by atoms with van der Waals surface area (Å²) in [4.78, 5) is 0. The molecule has 16 nitrogen and oxygen atoms in total. The Morgan fingerprint density at radius 3 is 0.438 bits per heavy atom. The minimum absolute atomic E-state index is 0.328. The summed E-state index contributed by atoms with van der Waals surface area (Å²) in [5.74, 6) is 11.7. The first-order valence-electron chi connectivity index (χ1n) is 38.8. The molecule has 596 valence electrons. The molecule has 0 atom stereocenters. The van der Waals surface area contributed by atoms with E-state index in [0.717, 1.165) is 158 Å². The van der Waals surface area contributed by atoms with E-state index in [4.69, 9.17) is 122 Å². The first-order valence-corrected chi connectivity index (χ1v) is 46.0. The van der Waals surface area contributed by atoms with Crippen LogP contribution in [0.15, 0.2) is 97.1 Å². The Balaban J connectivity index is 0.000000177. The van der Waals surface area contributed by atoms with Gasteiger partial charge in [0.25, 0.3) is 0 Å². The number of fused-ring (bicyclic) bond motifs is 4. The molecule has 8 aromatic carbocycles. The van der Waals surface area contributed by atoms with E-state index in [9.17, 15) is 0 Å². The molecule has 0 saturated heterocycles. The Morgan fingerprint density at radius 2 is 0.304 bits per heavy atom. The monoisotopic (exact) mass is 1680 g/mol. The summed E-state index contributed by atoms with van der Waals surface area (Å²) in [5.41, 5.74) is 26.2. The summed E-state index contributed by atoms with van der Waals surface area (Å²) in [6.07, 6.45) is 4.67. The van der Waals surface area contributed by atoms with Crippen molar-refractivity contribution in [3.8, 4) is 46.0 Å². The number of alkyl halides is 4. The Kier molecular flexibility index (Phi) is 30.2. The molecular formula is C88H96Cl4O16S4. The van der Waals surface area contributed by atoms with Gasteiger partial charge in [0, 0.05) is 97.9 Å². The molecule has 24 heteroatoms. The molecule has 6 aliphatic heterocycles. The highest BCUT2D eigenvalue weighted by atomic mass is 35.5. The molecule has 0 saturated carbocycles. The molecule has 0 radical (unpaired) electrons. The van der Waals surface area contributed by atoms with Crippen LogP contribution >= 0.6 is 89.6 Å². The first-order chi connectivity index (χ1) is 55.3. The van der Waals surface area contributed by atoms with Gasteiger partial charge >= 0.3 is 0 Å². The summed E-state index contributed by atoms with van der Waals surface area (Å²) in [5, 5.41) is 0. The van der Waals surface area contributed by atoms with Gasteiger partial charge in [0.2, 0.25) is 0 Å². The summed E-state index contributed by atoms with van der Waals surface area (Å²) in [7, 11) is 7.65. The zero-order valence-electron chi connectivity index (χ0n) is 63.2. The summed E-state index contributed by atoms with van der Waals surface area (Å²) < 4.78 is 102. The molecule has 0 aromatic heterocycles. The van der Waals surface area contributed by atoms with Crippen LogP contribution in [0.2, 0.25) is 0 Å². The van der Waals surface area contributed by atoms with Gasteiger partial charge in [-0.05, 0) is 134 Å². The lowest BCUT2D eigenvalue weighted by Crippen LogP contribution is -2.15. The van der Waals surface area contributed by atoms with Crippen molar-refractivity contribution in [2.24, 2.45) is 0 Å². The van der Waals surface area contributed by atoms with Gasteiger partial charge in [-0.15, -0.1) is 46.4 Å². The van der Waals surface area contributed by atoms with Crippen molar-refractivity contribution < 1.29 is 75.8 Å². The summed E-state index contributed by atoms with van der Waals surface area (Å²) in [6.45, 7) is 10.6. The molecule has 0 fully saturated rings. The van der Waals surface area contributed by atoms with E-state index in [2.05, 4.69) is 97.1 Å². The molecule has 8 aromatic rings. The fourth-order valence-electron chi connectivity index (χ4n) is 15.8. The third-order valence-corrected chi connectivity index (χ3v) is 26.2. The van der Waals surface area contributed by atoms with E-state index in [0.29, 0.717) is 233 Å². The first kappa shape index (κ1) is 81.5. The highest BCUT2D eigenvalue weighted by molar-refractivity contribution is 8.76. The third-order valence-electron chi connectivity index (χ3n) is 20.4. The SMILES string of the molecule is ClCc1cc2c3c(c1)Cc1cc(CCl)cc4c1OCCOCCOCCOc1c(cc(CCl)cc1Cc1cc(CCl)cc(c1OCCOCCOCCO3)C2)C4.c1c2cc3c4c1Cc1cc(cc5c1OCCOCCOCCOc1c6cc(cc1C5)CSSCc1cc(c(c(c1)C3)OCCOCCOCCO4)C6)CSSC2. The second kappa shape index (κ2) is 41.5. The number of hydrogen-bond donors (Lipinski definition) is 0. The van der Waals surface area contributed by atoms with E-state index < -0.39 is 0 Å². The van der Waals surface area contributed by atoms with Gasteiger partial charge in [-0.2, -0.15) is 0 Å². The zero-order chi connectivity index (χ0) is 76.2. The van der Waals surface area contributed by atoms with Crippen LogP contribution in [0.3, 0.4) is 0 Å². The molecule has 2 aliphatic carbocycles. The van der Waals surface area contributed by atoms with Gasteiger partial charge in [-0.1, -0.05) is 140 Å². The minimum atomic E-state index is 0.328. The maximum Gasteiger partial charge on any atom is 0.126 e. The van der Waals surface area contributed by atoms with Crippen molar-refractivity contribution in [1.82, 2.24) is 0 Å². The van der Waals surface area contributed by atoms with E-state index in [-0.39, 0.29) is 0 Å². The van der Waals surface area contributed by atoms with Gasteiger partial charge < -0.3 is 75.8 Å². The van der Waals surface area contributed by atoms with E-state index in [1.54, 1.807) is 0 Å². The maximum absolute atomic E-state index is 6.84. The van der Waals surface area contributed by atoms with Crippen molar-refractivity contribution in [1.29, 1.82) is 0 Å². The molecule has 0 N–H and O–H groups in total. The van der Waals surface area contributed by atoms with Gasteiger partial charge in [0.05, 0.1) is 106 Å². The van der Waals surface area contributed by atoms with Crippen LogP contribution in [-0.2, 0) is 136 Å². The highest BCUT2D eigenvalue weighted by Crippen LogP contribution is 2.47. The highest BCUT2D eigenvalue weighted by Gasteiger charge is 2.30. The standard InChI is InChI=1S/C44H48Cl4O8.C44H48O8S4/c45-25-29-13-33-21-34-14-30(26-46)18-38-24-40-20-32(28-48)16-36-22-35-15-31(27-47)19-39(43(35)55-11-7-51-3-4-52-8-12-56-44(36)40)23-37(17-29)41(33)53-9-5-49-1-2-50-6-10-54-42(34)38;1-2-46-6-10-50-42-34-14-30-18-38(42)24-40-20-32(28-56-54-26-30)16-36-22-35-15-31-19-39(43(35)51-11-7-47-3-4-48-8-12-52-44(36)40)23-37-17-29(25-53-55-27-31)13-33(21-34)41(37)49-9-5-45-1/h2*13-20H,1-12,21-28H2. The van der Waals surface area contributed by atoms with Gasteiger partial charge in [0.15, 0.2) is 0 Å². The molecule has 112 heavy (non-hydrogen) atoms. The van der Waals surface area contributed by atoms with Crippen molar-refractivity contribution in [2.45, 2.75) is 97.9 Å². The predicted octanol–water partition coefficient (Wildman–Crippen LogP) is 17.7. The van der Waals surface area contributed by atoms with Crippen LogP contribution in [0.5, 0.6) is 46.0 Å². The Labute approximate surface area is 693 Å². The van der Waals surface area contributed by atoms with Crippen LogP contribution < -0.4 is 37.9 Å². The van der Waals surface area contributed by atoms with Crippen molar-refractivity contribution in [3.05, 3.63) is 231 Å². The topological polar surface area (TPSA) is 148 Å². The Bertz CT molecular complexity index is 3990. The fourth-order valence-corrected chi connectivity index (χ4v) is 20.6. The van der Waals surface area contributed by atoms with Crippen molar-refractivity contribution in [2.75, 3.05) is 159 Å². The molecular weight excluding hydrogens is 1580 g/mol. The fraction of sp³-hybridized carbons (Fsp3) is 0.455. The van der Waals surface area contributed by atoms with Gasteiger partial charge in [0.1, 0.15) is 98.9 Å². The molecule has 28 bridgehead atoms. The lowest BCUT2D eigenvalue weighted by Gasteiger charge is -2.24. The van der Waals surface area contributed by atoms with Crippen molar-refractivity contribution in [3.63, 3.8) is 0 Å². The summed E-state index contributed by atoms with van der Waals surface area (Å²) in [6, 6.07) is 36.0. The molecule has 16 rings (SSSR count). The summed E-state index contributed by atoms with van der Waals surface area (Å²) >= 11 is 26.6. The second-order valence-electron chi connectivity index (χ2n) is 28.6. The van der Waals surface area contributed by atoms with Crippen LogP contribution in [0, 0.1) is 0 Å². The quantitative estimate of drug-likeness (QED) is 0.121. The number of benzene rings is 8. The van der Waals surface area contributed by atoms with E-state index in [1.165, 1.54) is 44.5 Å². The Hall–Kier alpha value is -5.60. The predicted molar refractivity (Wildman–Crippen MR) is 448 cm³/mol. The maximum atomic E-state index is 6.84. The second-order valence-corrected chi connectivity index (χ2v) is 34.6. The van der Waals surface area contributed by atoms with Crippen LogP contribution in [0.25, 0.3) is 0 Å². The normalized spacial score (nSPS) is 18.2. The number of ether oxygens (including phenoxy) is 16. The number of halogens is 4. The minimum Gasteiger partial charge on any atom is -0.491 e. The largest absolute Gasteiger partial charge is 0.491 e. The van der Waals surface area contributed by atoms with Crippen molar-refractivity contribution >= 4 is 89.6 Å². The molecule has 0 spiro atoms. The average molecular weight is 1680 g/mol. The number of rotatable bonds is 4. The van der Waals surface area contributed by atoms with Gasteiger partial charge in [-0.3, -0.25) is 0 Å². The van der Waals surface area contributed by atoms with Gasteiger partial charge in [-0.25, -0.2) is 0 Å². The van der Waals surface area contributed by atoms with E-state index in [1.807, 2.05) is 43.2 Å². The lowest BCUT2D eigenvalue weighted by molar-refractivity contribution is 0.0270. The number of hydrogen-bond acceptors (Lipinski definition) is 20. The van der Waals surface area contributed by atoms with Crippen LogP contribution in [0.1, 0.15) is 134 Å². The molecule has 0 amide bonds.